The Kier molecular flexibility index (Phi) is 5.97. The SMILES string of the molecule is COCCc1noc(CN2C[C@H]3C[C@@H](C2)[C@H](C(=O)N2CCCC2)N2C(=O)CCC[C@@H]32)n1. The van der Waals surface area contributed by atoms with Crippen molar-refractivity contribution in [1.82, 2.24) is 24.8 Å². The Balaban J connectivity index is 1.34. The Hall–Kier alpha value is -2.00. The van der Waals surface area contributed by atoms with Gasteiger partial charge in [0.2, 0.25) is 17.7 Å². The van der Waals surface area contributed by atoms with Gasteiger partial charge in [0.15, 0.2) is 5.82 Å². The molecule has 1 aromatic heterocycles. The van der Waals surface area contributed by atoms with Crippen molar-refractivity contribution < 1.29 is 18.8 Å². The molecular weight excluding hydrogens is 398 g/mol. The fourth-order valence-corrected chi connectivity index (χ4v) is 6.17. The predicted octanol–water partition coefficient (Wildman–Crippen LogP) is 1.08. The minimum atomic E-state index is -0.310. The van der Waals surface area contributed by atoms with Crippen LogP contribution in [0.5, 0.6) is 0 Å². The van der Waals surface area contributed by atoms with E-state index in [0.717, 1.165) is 58.3 Å². The quantitative estimate of drug-likeness (QED) is 0.666. The molecule has 0 spiro atoms. The first-order chi connectivity index (χ1) is 15.1. The van der Waals surface area contributed by atoms with Gasteiger partial charge in [0.25, 0.3) is 0 Å². The molecule has 170 valence electrons. The predicted molar refractivity (Wildman–Crippen MR) is 111 cm³/mol. The third-order valence-electron chi connectivity index (χ3n) is 7.49. The van der Waals surface area contributed by atoms with Gasteiger partial charge in [0, 0.05) is 58.1 Å². The van der Waals surface area contributed by atoms with E-state index in [1.54, 1.807) is 7.11 Å². The Labute approximate surface area is 183 Å². The van der Waals surface area contributed by atoms with Crippen LogP contribution in [0, 0.1) is 11.8 Å². The average molecular weight is 432 g/mol. The second kappa shape index (κ2) is 8.86. The standard InChI is InChI=1S/C22H33N5O4/c1-30-10-7-18-23-19(31-24-18)14-25-12-15-11-16(13-25)21(22(29)26-8-2-3-9-26)27-17(15)5-4-6-20(27)28/h15-17,21H,2-14H2,1H3/t15-,16+,17+,21-/m1/s1. The largest absolute Gasteiger partial charge is 0.384 e. The van der Waals surface area contributed by atoms with Gasteiger partial charge < -0.3 is 19.1 Å². The van der Waals surface area contributed by atoms with E-state index in [1.807, 2.05) is 9.80 Å². The van der Waals surface area contributed by atoms with Crippen molar-refractivity contribution in [2.45, 2.75) is 63.6 Å². The highest BCUT2D eigenvalue weighted by Gasteiger charge is 2.52. The number of carbonyl (C=O) groups is 2. The lowest BCUT2D eigenvalue weighted by Crippen LogP contribution is -2.68. The molecule has 31 heavy (non-hydrogen) atoms. The Bertz CT molecular complexity index is 808. The molecule has 0 saturated carbocycles. The van der Waals surface area contributed by atoms with Gasteiger partial charge in [0.1, 0.15) is 6.04 Å². The van der Waals surface area contributed by atoms with E-state index in [1.165, 1.54) is 0 Å². The fraction of sp³-hybridized carbons (Fsp3) is 0.818. The summed E-state index contributed by atoms with van der Waals surface area (Å²) in [4.78, 5) is 37.3. The van der Waals surface area contributed by atoms with Crippen molar-refractivity contribution in [3.63, 3.8) is 0 Å². The Morgan fingerprint density at radius 1 is 1.19 bits per heavy atom. The summed E-state index contributed by atoms with van der Waals surface area (Å²) in [6.07, 6.45) is 6.31. The zero-order chi connectivity index (χ0) is 21.4. The molecule has 2 amide bonds. The summed E-state index contributed by atoms with van der Waals surface area (Å²) in [5.74, 6) is 2.20. The molecule has 4 aliphatic rings. The molecule has 0 aliphatic carbocycles. The van der Waals surface area contributed by atoms with Crippen LogP contribution in [0.15, 0.2) is 4.52 Å². The summed E-state index contributed by atoms with van der Waals surface area (Å²) >= 11 is 0. The van der Waals surface area contributed by atoms with Crippen molar-refractivity contribution in [3.05, 3.63) is 11.7 Å². The first kappa shape index (κ1) is 20.9. The van der Waals surface area contributed by atoms with Crippen molar-refractivity contribution in [2.24, 2.45) is 11.8 Å². The van der Waals surface area contributed by atoms with E-state index in [-0.39, 0.29) is 29.8 Å². The third-order valence-corrected chi connectivity index (χ3v) is 7.49. The maximum Gasteiger partial charge on any atom is 0.245 e. The fourth-order valence-electron chi connectivity index (χ4n) is 6.17. The summed E-state index contributed by atoms with van der Waals surface area (Å²) in [7, 11) is 1.66. The van der Waals surface area contributed by atoms with Crippen molar-refractivity contribution in [3.8, 4) is 0 Å². The van der Waals surface area contributed by atoms with Crippen LogP contribution in [0.2, 0.25) is 0 Å². The van der Waals surface area contributed by atoms with Crippen LogP contribution in [-0.2, 0) is 27.3 Å². The molecule has 0 unspecified atom stereocenters. The number of piperidine rings is 3. The molecule has 0 radical (unpaired) electrons. The highest BCUT2D eigenvalue weighted by molar-refractivity contribution is 5.89. The number of methoxy groups -OCH3 is 1. The molecule has 4 fully saturated rings. The molecule has 9 heteroatoms. The van der Waals surface area contributed by atoms with Crippen LogP contribution in [0.1, 0.15) is 50.2 Å². The van der Waals surface area contributed by atoms with Crippen LogP contribution >= 0.6 is 0 Å². The average Bonchev–Trinajstić information content (AvgIpc) is 3.45. The van der Waals surface area contributed by atoms with Crippen molar-refractivity contribution in [1.29, 1.82) is 0 Å². The molecule has 1 aromatic rings. The maximum atomic E-state index is 13.5. The summed E-state index contributed by atoms with van der Waals surface area (Å²) < 4.78 is 10.6. The highest BCUT2D eigenvalue weighted by Crippen LogP contribution is 2.42. The molecular formula is C22H33N5O4. The minimum absolute atomic E-state index is 0.168. The molecule has 2 bridgehead atoms. The van der Waals surface area contributed by atoms with E-state index in [2.05, 4.69) is 15.0 Å². The van der Waals surface area contributed by atoms with Crippen LogP contribution in [0.3, 0.4) is 0 Å². The topological polar surface area (TPSA) is 92.0 Å². The Morgan fingerprint density at radius 2 is 2.00 bits per heavy atom. The number of carbonyl (C=O) groups excluding carboxylic acids is 2. The highest BCUT2D eigenvalue weighted by atomic mass is 16.5. The van der Waals surface area contributed by atoms with Gasteiger partial charge in [0.05, 0.1) is 13.2 Å². The molecule has 5 rings (SSSR count). The maximum absolute atomic E-state index is 13.5. The molecule has 4 saturated heterocycles. The minimum Gasteiger partial charge on any atom is -0.384 e. The first-order valence-electron chi connectivity index (χ1n) is 11.8. The van der Waals surface area contributed by atoms with Gasteiger partial charge in [-0.1, -0.05) is 5.16 Å². The number of likely N-dealkylation sites (tertiary alicyclic amines) is 2. The second-order valence-electron chi connectivity index (χ2n) is 9.53. The zero-order valence-corrected chi connectivity index (χ0v) is 18.4. The molecule has 4 aliphatic heterocycles. The summed E-state index contributed by atoms with van der Waals surface area (Å²) in [5.41, 5.74) is 0. The molecule has 5 heterocycles. The molecule has 9 nitrogen and oxygen atoms in total. The summed E-state index contributed by atoms with van der Waals surface area (Å²) in [5, 5.41) is 4.06. The summed E-state index contributed by atoms with van der Waals surface area (Å²) in [6, 6.07) is -0.133. The molecule has 0 aromatic carbocycles. The number of rotatable bonds is 6. The molecule has 4 atom stereocenters. The van der Waals surface area contributed by atoms with Gasteiger partial charge >= 0.3 is 0 Å². The van der Waals surface area contributed by atoms with E-state index in [4.69, 9.17) is 9.26 Å². The van der Waals surface area contributed by atoms with Gasteiger partial charge in [-0.3, -0.25) is 14.5 Å². The first-order valence-corrected chi connectivity index (χ1v) is 11.8. The van der Waals surface area contributed by atoms with Crippen LogP contribution in [0.4, 0.5) is 0 Å². The number of nitrogens with zero attached hydrogens (tertiary/aromatic N) is 5. The van der Waals surface area contributed by atoms with E-state index >= 15 is 0 Å². The third kappa shape index (κ3) is 4.09. The lowest BCUT2D eigenvalue weighted by molar-refractivity contribution is -0.165. The lowest BCUT2D eigenvalue weighted by atomic mass is 9.71. The van der Waals surface area contributed by atoms with Crippen molar-refractivity contribution >= 4 is 11.8 Å². The zero-order valence-electron chi connectivity index (χ0n) is 18.4. The number of hydrogen-bond acceptors (Lipinski definition) is 7. The lowest BCUT2D eigenvalue weighted by Gasteiger charge is -2.56. The molecule has 0 N–H and O–H groups in total. The normalized spacial score (nSPS) is 31.2. The van der Waals surface area contributed by atoms with Crippen LogP contribution < -0.4 is 0 Å². The van der Waals surface area contributed by atoms with Gasteiger partial charge in [-0.15, -0.1) is 0 Å². The van der Waals surface area contributed by atoms with Crippen LogP contribution in [0.25, 0.3) is 0 Å². The number of amides is 2. The smallest absolute Gasteiger partial charge is 0.245 e. The number of fused-ring (bicyclic) bond motifs is 4. The second-order valence-corrected chi connectivity index (χ2v) is 9.53. The van der Waals surface area contributed by atoms with Gasteiger partial charge in [-0.2, -0.15) is 4.98 Å². The number of hydrogen-bond donors (Lipinski definition) is 0. The van der Waals surface area contributed by atoms with Gasteiger partial charge in [-0.05, 0) is 38.0 Å². The van der Waals surface area contributed by atoms with Gasteiger partial charge in [-0.25, -0.2) is 0 Å². The van der Waals surface area contributed by atoms with E-state index < -0.39 is 0 Å². The monoisotopic (exact) mass is 431 g/mol. The number of aromatic nitrogens is 2. The number of ether oxygens (including phenoxy) is 1. The Morgan fingerprint density at radius 3 is 2.81 bits per heavy atom. The summed E-state index contributed by atoms with van der Waals surface area (Å²) in [6.45, 7) is 4.51. The van der Waals surface area contributed by atoms with Crippen LogP contribution in [-0.4, -0.2) is 88.6 Å². The van der Waals surface area contributed by atoms with E-state index in [0.29, 0.717) is 43.6 Å². The van der Waals surface area contributed by atoms with Crippen molar-refractivity contribution in [2.75, 3.05) is 39.9 Å². The van der Waals surface area contributed by atoms with E-state index in [9.17, 15) is 9.59 Å².